The van der Waals surface area contributed by atoms with Crippen molar-refractivity contribution in [3.05, 3.63) is 0 Å². The molecule has 1 aliphatic heterocycles. The van der Waals surface area contributed by atoms with E-state index in [4.69, 9.17) is 11.1 Å². The van der Waals surface area contributed by atoms with Crippen LogP contribution in [0.5, 0.6) is 0 Å². The van der Waals surface area contributed by atoms with E-state index >= 15 is 0 Å². The average Bonchev–Trinajstić information content (AvgIpc) is 2.88. The summed E-state index contributed by atoms with van der Waals surface area (Å²) in [5, 5.41) is 7.35. The molecule has 2 aliphatic rings. The Morgan fingerprint density at radius 2 is 2.00 bits per heavy atom. The molecule has 0 spiro atoms. The molecule has 0 amide bonds. The first-order valence-electron chi connectivity index (χ1n) is 5.50. The lowest BCUT2D eigenvalue weighted by Crippen LogP contribution is -2.41. The fourth-order valence-corrected chi connectivity index (χ4v) is 3.41. The highest BCUT2D eigenvalue weighted by molar-refractivity contribution is 7.85. The Balaban J connectivity index is 1.81. The molecule has 1 aliphatic carbocycles. The number of hydrogen-bond donors (Lipinski definition) is 2. The largest absolute Gasteiger partial charge is 0.388 e. The fraction of sp³-hybridized carbons (Fsp3) is 0.900. The Hall–Kier alpha value is -0.420. The topological polar surface area (TPSA) is 70.2 Å². The van der Waals surface area contributed by atoms with Crippen LogP contribution in [0, 0.1) is 10.8 Å². The Labute approximate surface area is 93.2 Å². The van der Waals surface area contributed by atoms with Crippen molar-refractivity contribution in [3.63, 3.8) is 0 Å². The lowest BCUT2D eigenvalue weighted by atomic mass is 10.0. The van der Waals surface area contributed by atoms with Gasteiger partial charge in [0.2, 0.25) is 0 Å². The van der Waals surface area contributed by atoms with Crippen molar-refractivity contribution in [2.24, 2.45) is 11.1 Å². The van der Waals surface area contributed by atoms with E-state index in [0.717, 1.165) is 37.6 Å². The molecule has 0 bridgehead atoms. The summed E-state index contributed by atoms with van der Waals surface area (Å²) < 4.78 is 11.2. The molecule has 1 saturated carbocycles. The minimum Gasteiger partial charge on any atom is -0.388 e. The van der Waals surface area contributed by atoms with Crippen LogP contribution >= 0.6 is 0 Å². The Kier molecular flexibility index (Phi) is 3.11. The van der Waals surface area contributed by atoms with E-state index in [0.29, 0.717) is 11.3 Å². The van der Waals surface area contributed by atoms with Gasteiger partial charge in [-0.2, -0.15) is 0 Å². The van der Waals surface area contributed by atoms with Crippen LogP contribution in [0.1, 0.15) is 19.3 Å². The first-order chi connectivity index (χ1) is 7.10. The summed E-state index contributed by atoms with van der Waals surface area (Å²) in [7, 11) is -0.588. The maximum Gasteiger partial charge on any atom is 0.0911 e. The highest BCUT2D eigenvalue weighted by Gasteiger charge is 2.44. The van der Waals surface area contributed by atoms with Gasteiger partial charge in [-0.25, -0.2) is 0 Å². The van der Waals surface area contributed by atoms with Gasteiger partial charge in [0.25, 0.3) is 0 Å². The molecule has 5 heteroatoms. The van der Waals surface area contributed by atoms with Gasteiger partial charge in [0.15, 0.2) is 0 Å². The molecule has 0 atom stereocenters. The van der Waals surface area contributed by atoms with Crippen molar-refractivity contribution in [1.82, 2.24) is 4.90 Å². The quantitative estimate of drug-likeness (QED) is 0.533. The molecule has 2 fully saturated rings. The van der Waals surface area contributed by atoms with E-state index in [9.17, 15) is 4.21 Å². The van der Waals surface area contributed by atoms with Crippen molar-refractivity contribution < 1.29 is 4.21 Å². The number of nitrogens with one attached hydrogen (secondary N) is 1. The summed E-state index contributed by atoms with van der Waals surface area (Å²) in [6.07, 6.45) is 3.14. The van der Waals surface area contributed by atoms with Crippen LogP contribution in [0.3, 0.4) is 0 Å². The molecular formula is C10H19N3OS. The molecule has 1 heterocycles. The molecule has 2 rings (SSSR count). The third-order valence-electron chi connectivity index (χ3n) is 3.35. The van der Waals surface area contributed by atoms with Gasteiger partial charge in [0.05, 0.1) is 5.84 Å². The zero-order chi connectivity index (χ0) is 10.9. The van der Waals surface area contributed by atoms with E-state index < -0.39 is 10.8 Å². The number of amidine groups is 1. The third kappa shape index (κ3) is 3.01. The molecule has 15 heavy (non-hydrogen) atoms. The maximum absolute atomic E-state index is 11.2. The zero-order valence-electron chi connectivity index (χ0n) is 9.00. The van der Waals surface area contributed by atoms with Crippen molar-refractivity contribution in [1.29, 1.82) is 5.41 Å². The molecule has 3 N–H and O–H groups in total. The van der Waals surface area contributed by atoms with Gasteiger partial charge in [-0.05, 0) is 18.3 Å². The average molecular weight is 229 g/mol. The second-order valence-corrected chi connectivity index (χ2v) is 6.52. The predicted molar refractivity (Wildman–Crippen MR) is 62.5 cm³/mol. The van der Waals surface area contributed by atoms with Crippen LogP contribution in [0.25, 0.3) is 0 Å². The molecule has 0 unspecified atom stereocenters. The van der Waals surface area contributed by atoms with Gasteiger partial charge in [0, 0.05) is 48.4 Å². The molecule has 0 aromatic carbocycles. The first-order valence-corrected chi connectivity index (χ1v) is 6.99. The molecule has 0 radical (unpaired) electrons. The van der Waals surface area contributed by atoms with Crippen molar-refractivity contribution in [2.45, 2.75) is 19.3 Å². The molecule has 4 nitrogen and oxygen atoms in total. The molecule has 0 aromatic heterocycles. The monoisotopic (exact) mass is 229 g/mol. The van der Waals surface area contributed by atoms with Gasteiger partial charge in [0.1, 0.15) is 0 Å². The summed E-state index contributed by atoms with van der Waals surface area (Å²) in [4.78, 5) is 2.39. The highest BCUT2D eigenvalue weighted by atomic mass is 32.2. The minimum absolute atomic E-state index is 0.296. The van der Waals surface area contributed by atoms with E-state index in [1.54, 1.807) is 0 Å². The Morgan fingerprint density at radius 3 is 2.47 bits per heavy atom. The second-order valence-electron chi connectivity index (χ2n) is 4.83. The van der Waals surface area contributed by atoms with E-state index in [1.807, 2.05) is 0 Å². The lowest BCUT2D eigenvalue weighted by molar-refractivity contribution is 0.240. The van der Waals surface area contributed by atoms with Crippen LogP contribution in [0.15, 0.2) is 0 Å². The van der Waals surface area contributed by atoms with Crippen LogP contribution in [-0.2, 0) is 10.8 Å². The number of hydrogen-bond acceptors (Lipinski definition) is 3. The van der Waals surface area contributed by atoms with Gasteiger partial charge >= 0.3 is 0 Å². The summed E-state index contributed by atoms with van der Waals surface area (Å²) in [6.45, 7) is 2.95. The molecule has 86 valence electrons. The lowest BCUT2D eigenvalue weighted by Gasteiger charge is -2.30. The number of rotatable bonds is 4. The van der Waals surface area contributed by atoms with Gasteiger partial charge in [-0.3, -0.25) is 9.62 Å². The zero-order valence-corrected chi connectivity index (χ0v) is 9.81. The minimum atomic E-state index is -0.588. The highest BCUT2D eigenvalue weighted by Crippen LogP contribution is 2.49. The smallest absolute Gasteiger partial charge is 0.0911 e. The van der Waals surface area contributed by atoms with Crippen molar-refractivity contribution in [2.75, 3.05) is 31.1 Å². The fourth-order valence-electron chi connectivity index (χ4n) is 2.28. The summed E-state index contributed by atoms with van der Waals surface area (Å²) in [5.74, 6) is 1.94. The van der Waals surface area contributed by atoms with Crippen LogP contribution in [0.4, 0.5) is 0 Å². The van der Waals surface area contributed by atoms with E-state index in [-0.39, 0.29) is 0 Å². The molecular weight excluding hydrogens is 210 g/mol. The van der Waals surface area contributed by atoms with Gasteiger partial charge < -0.3 is 10.6 Å². The van der Waals surface area contributed by atoms with Crippen LogP contribution < -0.4 is 5.73 Å². The van der Waals surface area contributed by atoms with E-state index in [1.165, 1.54) is 12.8 Å². The summed E-state index contributed by atoms with van der Waals surface area (Å²) in [5.41, 5.74) is 5.76. The van der Waals surface area contributed by atoms with E-state index in [2.05, 4.69) is 4.90 Å². The summed E-state index contributed by atoms with van der Waals surface area (Å²) in [6, 6.07) is 0. The van der Waals surface area contributed by atoms with Gasteiger partial charge in [-0.1, -0.05) is 0 Å². The standard InChI is InChI=1S/C10H19N3OS/c11-9(12)7-10(1-2-10)8-13-3-5-15(14)6-4-13/h1-8H2,(H3,11,12). The number of nitrogens with two attached hydrogens (primary N) is 1. The van der Waals surface area contributed by atoms with Crippen LogP contribution in [-0.4, -0.2) is 46.1 Å². The van der Waals surface area contributed by atoms with Crippen molar-refractivity contribution >= 4 is 16.6 Å². The SMILES string of the molecule is N=C(N)CC1(CN2CCS(=O)CC2)CC1. The first kappa shape index (κ1) is 11.1. The predicted octanol–water partition coefficient (Wildman–Crippen LogP) is 0.157. The van der Waals surface area contributed by atoms with Gasteiger partial charge in [-0.15, -0.1) is 0 Å². The molecule has 0 aromatic rings. The second kappa shape index (κ2) is 4.22. The maximum atomic E-state index is 11.2. The Bertz CT molecular complexity index is 278. The Morgan fingerprint density at radius 1 is 1.40 bits per heavy atom. The van der Waals surface area contributed by atoms with Crippen LogP contribution in [0.2, 0.25) is 0 Å². The number of nitrogens with zero attached hydrogens (tertiary/aromatic N) is 1. The normalized spacial score (nSPS) is 26.4. The van der Waals surface area contributed by atoms with Crippen molar-refractivity contribution in [3.8, 4) is 0 Å². The summed E-state index contributed by atoms with van der Waals surface area (Å²) >= 11 is 0. The molecule has 1 saturated heterocycles. The third-order valence-corrected chi connectivity index (χ3v) is 4.63.